The summed E-state index contributed by atoms with van der Waals surface area (Å²) in [4.78, 5) is 0. The molecule has 0 saturated carbocycles. The van der Waals surface area contributed by atoms with E-state index in [4.69, 9.17) is 0 Å². The lowest BCUT2D eigenvalue weighted by Gasteiger charge is -2.39. The van der Waals surface area contributed by atoms with Crippen LogP contribution in [0.2, 0.25) is 0 Å². The highest BCUT2D eigenvalue weighted by molar-refractivity contribution is 6.86. The summed E-state index contributed by atoms with van der Waals surface area (Å²) in [6.07, 6.45) is 0. The fourth-order valence-electron chi connectivity index (χ4n) is 6.46. The minimum Gasteiger partial charge on any atom is -0.376 e. The van der Waals surface area contributed by atoms with Crippen molar-refractivity contribution in [3.05, 3.63) is 107 Å². The maximum absolute atomic E-state index is 2.65. The smallest absolute Gasteiger partial charge is 0.328 e. The van der Waals surface area contributed by atoms with E-state index in [1.165, 1.54) is 55.0 Å². The minimum absolute atomic E-state index is 0.0460. The Bertz CT molecular complexity index is 1550. The number of fused-ring (bicyclic) bond motifs is 5. The molecule has 0 saturated heterocycles. The first kappa shape index (κ1) is 24.1. The Balaban J connectivity index is 1.79. The van der Waals surface area contributed by atoms with Gasteiger partial charge in [-0.1, -0.05) is 128 Å². The van der Waals surface area contributed by atoms with Crippen molar-refractivity contribution in [1.82, 2.24) is 4.48 Å². The van der Waals surface area contributed by atoms with Gasteiger partial charge in [-0.3, -0.25) is 0 Å². The monoisotopic (exact) mass is 483 g/mol. The van der Waals surface area contributed by atoms with Crippen molar-refractivity contribution >= 4 is 39.6 Å². The fourth-order valence-corrected chi connectivity index (χ4v) is 6.46. The second-order valence-corrected chi connectivity index (χ2v) is 13.5. The summed E-state index contributed by atoms with van der Waals surface area (Å²) in [5.41, 5.74) is 11.2. The van der Waals surface area contributed by atoms with Crippen molar-refractivity contribution in [2.24, 2.45) is 0 Å². The molecule has 0 spiro atoms. The van der Waals surface area contributed by atoms with Crippen molar-refractivity contribution in [3.63, 3.8) is 0 Å². The SMILES string of the molecule is CC(C)(C)c1ccc2c3ccc(C(C)(C)C)cc3n(B3c4ccccc4C(C)(C)c4ccccc43)c2c1. The molecule has 1 aliphatic rings. The van der Waals surface area contributed by atoms with Crippen LogP contribution in [0.15, 0.2) is 84.9 Å². The third-order valence-corrected chi connectivity index (χ3v) is 8.65. The van der Waals surface area contributed by atoms with Crippen LogP contribution in [-0.4, -0.2) is 11.3 Å². The summed E-state index contributed by atoms with van der Waals surface area (Å²) in [6.45, 7) is 18.7. The van der Waals surface area contributed by atoms with Crippen molar-refractivity contribution < 1.29 is 0 Å². The highest BCUT2D eigenvalue weighted by Gasteiger charge is 2.41. The van der Waals surface area contributed by atoms with E-state index in [9.17, 15) is 0 Å². The molecule has 5 aromatic rings. The van der Waals surface area contributed by atoms with Gasteiger partial charge in [-0.25, -0.2) is 0 Å². The van der Waals surface area contributed by atoms with Crippen molar-refractivity contribution in [2.75, 3.05) is 0 Å². The largest absolute Gasteiger partial charge is 0.376 e. The molecule has 0 N–H and O–H groups in total. The van der Waals surface area contributed by atoms with Crippen LogP contribution in [0, 0.1) is 0 Å². The molecule has 0 radical (unpaired) electrons. The number of nitrogens with zero attached hydrogens (tertiary/aromatic N) is 1. The summed E-state index contributed by atoms with van der Waals surface area (Å²) in [5.74, 6) is 0. The fraction of sp³-hybridized carbons (Fsp3) is 0.314. The Morgan fingerprint density at radius 3 is 1.38 bits per heavy atom. The standard InChI is InChI=1S/C35H38BN/c1-33(2,3)23-17-19-25-26-20-18-24(34(4,5)6)22-32(26)37(31(25)21-23)36-29-15-11-9-13-27(29)35(7,8)28-14-10-12-16-30(28)36/h9-22H,1-8H3. The summed E-state index contributed by atoms with van der Waals surface area (Å²) in [7, 11) is 0. The zero-order valence-electron chi connectivity index (χ0n) is 23.6. The molecule has 2 heteroatoms. The maximum atomic E-state index is 2.65. The molecule has 186 valence electrons. The molecule has 1 nitrogen and oxygen atoms in total. The Morgan fingerprint density at radius 1 is 0.568 bits per heavy atom. The molecule has 0 atom stereocenters. The zero-order chi connectivity index (χ0) is 26.3. The second-order valence-electron chi connectivity index (χ2n) is 13.5. The number of aromatic nitrogens is 1. The number of benzene rings is 4. The van der Waals surface area contributed by atoms with Crippen molar-refractivity contribution in [2.45, 2.75) is 71.6 Å². The Morgan fingerprint density at radius 2 is 0.973 bits per heavy atom. The van der Waals surface area contributed by atoms with E-state index in [0.29, 0.717) is 0 Å². The van der Waals surface area contributed by atoms with Crippen LogP contribution in [0.4, 0.5) is 0 Å². The first-order valence-corrected chi connectivity index (χ1v) is 13.7. The highest BCUT2D eigenvalue weighted by atomic mass is 14.9. The van der Waals surface area contributed by atoms with E-state index in [1.807, 2.05) is 0 Å². The average molecular weight is 484 g/mol. The molecule has 0 amide bonds. The summed E-state index contributed by atoms with van der Waals surface area (Å²) < 4.78 is 2.65. The molecule has 0 bridgehead atoms. The molecule has 0 aliphatic carbocycles. The first-order chi connectivity index (χ1) is 17.4. The number of rotatable bonds is 1. The molecule has 2 heterocycles. The highest BCUT2D eigenvalue weighted by Crippen LogP contribution is 2.38. The van der Waals surface area contributed by atoms with Gasteiger partial charge in [0, 0.05) is 27.2 Å². The first-order valence-electron chi connectivity index (χ1n) is 13.7. The van der Waals surface area contributed by atoms with E-state index in [2.05, 4.69) is 145 Å². The quantitative estimate of drug-likeness (QED) is 0.216. The van der Waals surface area contributed by atoms with E-state index in [0.717, 1.165) is 0 Å². The second kappa shape index (κ2) is 7.87. The molecule has 1 aliphatic heterocycles. The molecule has 0 unspecified atom stereocenters. The normalized spacial score (nSPS) is 15.2. The van der Waals surface area contributed by atoms with Gasteiger partial charge in [0.05, 0.1) is 0 Å². The van der Waals surface area contributed by atoms with Crippen LogP contribution in [0.5, 0.6) is 0 Å². The van der Waals surface area contributed by atoms with Crippen LogP contribution in [0.25, 0.3) is 21.8 Å². The van der Waals surface area contributed by atoms with Crippen molar-refractivity contribution in [1.29, 1.82) is 0 Å². The molecule has 37 heavy (non-hydrogen) atoms. The summed E-state index contributed by atoms with van der Waals surface area (Å²) >= 11 is 0. The average Bonchev–Trinajstić information content (AvgIpc) is 3.16. The molecule has 0 fully saturated rings. The van der Waals surface area contributed by atoms with E-state index >= 15 is 0 Å². The van der Waals surface area contributed by atoms with E-state index < -0.39 is 0 Å². The lowest BCUT2D eigenvalue weighted by atomic mass is 9.41. The lowest BCUT2D eigenvalue weighted by molar-refractivity contribution is 0.591. The topological polar surface area (TPSA) is 4.93 Å². The maximum Gasteiger partial charge on any atom is 0.328 e. The lowest BCUT2D eigenvalue weighted by Crippen LogP contribution is -2.58. The van der Waals surface area contributed by atoms with Crippen molar-refractivity contribution in [3.8, 4) is 0 Å². The third kappa shape index (κ3) is 3.60. The van der Waals surface area contributed by atoms with Gasteiger partial charge in [0.15, 0.2) is 0 Å². The molecular weight excluding hydrogens is 445 g/mol. The zero-order valence-corrected chi connectivity index (χ0v) is 23.6. The Hall–Kier alpha value is -3.26. The number of hydrogen-bond acceptors (Lipinski definition) is 0. The van der Waals surface area contributed by atoms with Crippen LogP contribution in [-0.2, 0) is 16.2 Å². The van der Waals surface area contributed by atoms with Gasteiger partial charge in [-0.2, -0.15) is 0 Å². The van der Waals surface area contributed by atoms with Gasteiger partial charge in [-0.15, -0.1) is 0 Å². The molecule has 4 aromatic carbocycles. The van der Waals surface area contributed by atoms with Gasteiger partial charge in [0.25, 0.3) is 0 Å². The Kier molecular flexibility index (Phi) is 5.13. The van der Waals surface area contributed by atoms with Crippen LogP contribution in [0.1, 0.15) is 77.6 Å². The van der Waals surface area contributed by atoms with Crippen LogP contribution in [0.3, 0.4) is 0 Å². The van der Waals surface area contributed by atoms with Gasteiger partial charge in [-0.05, 0) is 56.1 Å². The minimum atomic E-state index is -0.0460. The number of hydrogen-bond donors (Lipinski definition) is 0. The van der Waals surface area contributed by atoms with E-state index in [-0.39, 0.29) is 23.1 Å². The molecule has 6 rings (SSSR count). The van der Waals surface area contributed by atoms with Crippen LogP contribution >= 0.6 is 0 Å². The summed E-state index contributed by atoms with van der Waals surface area (Å²) in [6, 6.07) is 32.5. The van der Waals surface area contributed by atoms with Gasteiger partial charge in [0.2, 0.25) is 0 Å². The predicted octanol–water partition coefficient (Wildman–Crippen LogP) is 7.68. The molecular formula is C35H38BN. The van der Waals surface area contributed by atoms with Gasteiger partial charge >= 0.3 is 6.85 Å². The molecule has 1 aromatic heterocycles. The Labute approximate surface area is 222 Å². The summed E-state index contributed by atoms with van der Waals surface area (Å²) in [5, 5.41) is 2.67. The third-order valence-electron chi connectivity index (χ3n) is 8.65. The van der Waals surface area contributed by atoms with Gasteiger partial charge in [0.1, 0.15) is 0 Å². The van der Waals surface area contributed by atoms with E-state index in [1.54, 1.807) is 0 Å². The van der Waals surface area contributed by atoms with Crippen LogP contribution < -0.4 is 10.9 Å². The van der Waals surface area contributed by atoms with Gasteiger partial charge < -0.3 is 4.48 Å². The predicted molar refractivity (Wildman–Crippen MR) is 162 cm³/mol.